The molecule has 2 aromatic rings. The van der Waals surface area contributed by atoms with Gasteiger partial charge in [-0.2, -0.15) is 0 Å². The molecule has 0 amide bonds. The number of anilines is 2. The van der Waals surface area contributed by atoms with Crippen molar-refractivity contribution in [2.45, 2.75) is 13.0 Å². The van der Waals surface area contributed by atoms with Gasteiger partial charge in [0.05, 0.1) is 17.3 Å². The lowest BCUT2D eigenvalue weighted by Gasteiger charge is -2.16. The van der Waals surface area contributed by atoms with Crippen LogP contribution in [0.3, 0.4) is 0 Å². The minimum absolute atomic E-state index is 0.0462. The van der Waals surface area contributed by atoms with Gasteiger partial charge in [-0.1, -0.05) is 6.07 Å². The van der Waals surface area contributed by atoms with Crippen LogP contribution in [-0.2, 0) is 0 Å². The number of nitrogens with one attached hydrogen (secondary N) is 1. The van der Waals surface area contributed by atoms with Gasteiger partial charge < -0.3 is 16.2 Å². The second-order valence-electron chi connectivity index (χ2n) is 3.99. The van der Waals surface area contributed by atoms with E-state index in [2.05, 4.69) is 5.32 Å². The number of nitrogens with two attached hydrogens (primary N) is 1. The van der Waals surface area contributed by atoms with Gasteiger partial charge in [-0.05, 0) is 36.6 Å². The Morgan fingerprint density at radius 1 is 1.44 bits per heavy atom. The standard InChI is InChI=1S/C13H14N2O2S/c1-8(12-3-2-6-18-12)15-11-7-9(14)4-5-10(11)13(16)17/h2-8,15H,14H2,1H3,(H,16,17). The quantitative estimate of drug-likeness (QED) is 0.740. The molecule has 0 fully saturated rings. The molecule has 1 aromatic heterocycles. The van der Waals surface area contributed by atoms with Gasteiger partial charge in [0.2, 0.25) is 0 Å². The van der Waals surface area contributed by atoms with E-state index in [4.69, 9.17) is 10.8 Å². The topological polar surface area (TPSA) is 75.3 Å². The molecule has 1 aromatic carbocycles. The lowest BCUT2D eigenvalue weighted by atomic mass is 10.1. The molecule has 5 heteroatoms. The molecular formula is C13H14N2O2S. The van der Waals surface area contributed by atoms with E-state index >= 15 is 0 Å². The van der Waals surface area contributed by atoms with Crippen LogP contribution in [0.2, 0.25) is 0 Å². The smallest absolute Gasteiger partial charge is 0.337 e. The number of nitrogen functional groups attached to an aromatic ring is 1. The number of carbonyl (C=O) groups is 1. The van der Waals surface area contributed by atoms with Gasteiger partial charge in [0.25, 0.3) is 0 Å². The molecule has 0 saturated carbocycles. The summed E-state index contributed by atoms with van der Waals surface area (Å²) >= 11 is 1.63. The predicted molar refractivity (Wildman–Crippen MR) is 74.2 cm³/mol. The van der Waals surface area contributed by atoms with Crippen molar-refractivity contribution >= 4 is 28.7 Å². The molecule has 94 valence electrons. The lowest BCUT2D eigenvalue weighted by Crippen LogP contribution is -2.10. The van der Waals surface area contributed by atoms with Gasteiger partial charge in [0.1, 0.15) is 0 Å². The highest BCUT2D eigenvalue weighted by atomic mass is 32.1. The number of hydrogen-bond donors (Lipinski definition) is 3. The minimum Gasteiger partial charge on any atom is -0.478 e. The molecule has 0 aliphatic heterocycles. The van der Waals surface area contributed by atoms with Crippen molar-refractivity contribution in [2.24, 2.45) is 0 Å². The summed E-state index contributed by atoms with van der Waals surface area (Å²) in [6, 6.07) is 8.77. The number of hydrogen-bond acceptors (Lipinski definition) is 4. The Morgan fingerprint density at radius 2 is 2.22 bits per heavy atom. The highest BCUT2D eigenvalue weighted by Crippen LogP contribution is 2.26. The molecule has 0 aliphatic rings. The number of rotatable bonds is 4. The Labute approximate surface area is 109 Å². The lowest BCUT2D eigenvalue weighted by molar-refractivity contribution is 0.0698. The van der Waals surface area contributed by atoms with Gasteiger partial charge in [-0.25, -0.2) is 4.79 Å². The maximum Gasteiger partial charge on any atom is 0.337 e. The Balaban J connectivity index is 2.28. The van der Waals surface area contributed by atoms with E-state index in [1.165, 1.54) is 6.07 Å². The number of carboxylic acid groups (broad SMARTS) is 1. The Hall–Kier alpha value is -2.01. The molecule has 18 heavy (non-hydrogen) atoms. The Bertz CT molecular complexity index is 552. The van der Waals surface area contributed by atoms with E-state index in [0.29, 0.717) is 11.4 Å². The van der Waals surface area contributed by atoms with Gasteiger partial charge in [0.15, 0.2) is 0 Å². The minimum atomic E-state index is -0.962. The van der Waals surface area contributed by atoms with E-state index in [9.17, 15) is 4.79 Å². The molecular weight excluding hydrogens is 248 g/mol. The number of carboxylic acids is 1. The molecule has 0 spiro atoms. The number of benzene rings is 1. The van der Waals surface area contributed by atoms with E-state index in [1.807, 2.05) is 24.4 Å². The summed E-state index contributed by atoms with van der Waals surface area (Å²) in [6.45, 7) is 1.99. The monoisotopic (exact) mass is 262 g/mol. The van der Waals surface area contributed by atoms with E-state index in [0.717, 1.165) is 4.88 Å². The van der Waals surface area contributed by atoms with Crippen LogP contribution in [0.25, 0.3) is 0 Å². The van der Waals surface area contributed by atoms with Crippen LogP contribution in [0, 0.1) is 0 Å². The average molecular weight is 262 g/mol. The summed E-state index contributed by atoms with van der Waals surface area (Å²) in [5.41, 5.74) is 7.01. The first-order valence-corrected chi connectivity index (χ1v) is 6.38. The summed E-state index contributed by atoms with van der Waals surface area (Å²) < 4.78 is 0. The van der Waals surface area contributed by atoms with Gasteiger partial charge >= 0.3 is 5.97 Å². The van der Waals surface area contributed by atoms with Crippen molar-refractivity contribution in [2.75, 3.05) is 11.1 Å². The Kier molecular flexibility index (Phi) is 3.53. The van der Waals surface area contributed by atoms with Crippen LogP contribution in [0.5, 0.6) is 0 Å². The summed E-state index contributed by atoms with van der Waals surface area (Å²) in [5, 5.41) is 14.3. The van der Waals surface area contributed by atoms with Crippen LogP contribution < -0.4 is 11.1 Å². The highest BCUT2D eigenvalue weighted by molar-refractivity contribution is 7.10. The second kappa shape index (κ2) is 5.10. The first kappa shape index (κ1) is 12.4. The van der Waals surface area contributed by atoms with Crippen molar-refractivity contribution in [1.29, 1.82) is 0 Å². The molecule has 0 saturated heterocycles. The van der Waals surface area contributed by atoms with Gasteiger partial charge in [-0.15, -0.1) is 11.3 Å². The van der Waals surface area contributed by atoms with Gasteiger partial charge in [-0.3, -0.25) is 0 Å². The molecule has 1 unspecified atom stereocenters. The van der Waals surface area contributed by atoms with Crippen LogP contribution >= 0.6 is 11.3 Å². The van der Waals surface area contributed by atoms with E-state index in [-0.39, 0.29) is 11.6 Å². The van der Waals surface area contributed by atoms with Gasteiger partial charge in [0, 0.05) is 10.6 Å². The predicted octanol–water partition coefficient (Wildman–Crippen LogP) is 3.20. The average Bonchev–Trinajstić information content (AvgIpc) is 2.81. The summed E-state index contributed by atoms with van der Waals surface area (Å²) in [4.78, 5) is 12.3. The first-order chi connectivity index (χ1) is 8.58. The molecule has 2 rings (SSSR count). The fourth-order valence-electron chi connectivity index (χ4n) is 1.71. The zero-order valence-corrected chi connectivity index (χ0v) is 10.7. The number of thiophene rings is 1. The molecule has 0 radical (unpaired) electrons. The van der Waals surface area contributed by atoms with Crippen molar-refractivity contribution in [3.8, 4) is 0 Å². The van der Waals surface area contributed by atoms with Crippen LogP contribution in [0.4, 0.5) is 11.4 Å². The zero-order chi connectivity index (χ0) is 13.1. The fraction of sp³-hybridized carbons (Fsp3) is 0.154. The first-order valence-electron chi connectivity index (χ1n) is 5.50. The summed E-state index contributed by atoms with van der Waals surface area (Å²) in [5.74, 6) is -0.962. The zero-order valence-electron chi connectivity index (χ0n) is 9.88. The van der Waals surface area contributed by atoms with Crippen LogP contribution in [0.15, 0.2) is 35.7 Å². The summed E-state index contributed by atoms with van der Waals surface area (Å²) in [7, 11) is 0. The maximum absolute atomic E-state index is 11.1. The van der Waals surface area contributed by atoms with Crippen molar-refractivity contribution in [1.82, 2.24) is 0 Å². The van der Waals surface area contributed by atoms with Crippen molar-refractivity contribution in [3.63, 3.8) is 0 Å². The van der Waals surface area contributed by atoms with E-state index < -0.39 is 5.97 Å². The highest BCUT2D eigenvalue weighted by Gasteiger charge is 2.13. The van der Waals surface area contributed by atoms with E-state index in [1.54, 1.807) is 23.5 Å². The SMILES string of the molecule is CC(Nc1cc(N)ccc1C(=O)O)c1cccs1. The fourth-order valence-corrected chi connectivity index (χ4v) is 2.44. The van der Waals surface area contributed by atoms with Crippen molar-refractivity contribution < 1.29 is 9.90 Å². The number of aromatic carboxylic acids is 1. The third-order valence-corrected chi connectivity index (χ3v) is 3.67. The van der Waals surface area contributed by atoms with Crippen molar-refractivity contribution in [3.05, 3.63) is 46.2 Å². The second-order valence-corrected chi connectivity index (χ2v) is 4.97. The normalized spacial score (nSPS) is 12.1. The summed E-state index contributed by atoms with van der Waals surface area (Å²) in [6.07, 6.45) is 0. The third-order valence-electron chi connectivity index (χ3n) is 2.62. The molecule has 0 aliphatic carbocycles. The van der Waals surface area contributed by atoms with Crippen LogP contribution in [0.1, 0.15) is 28.2 Å². The molecule has 4 nitrogen and oxygen atoms in total. The third kappa shape index (κ3) is 2.62. The molecule has 4 N–H and O–H groups in total. The van der Waals surface area contributed by atoms with Crippen LogP contribution in [-0.4, -0.2) is 11.1 Å². The molecule has 0 bridgehead atoms. The Morgan fingerprint density at radius 3 is 2.83 bits per heavy atom. The molecule has 1 atom stereocenters. The molecule has 1 heterocycles. The maximum atomic E-state index is 11.1. The largest absolute Gasteiger partial charge is 0.478 e.